The number of carbonyl (C=O) groups excluding carboxylic acids is 1. The number of para-hydroxylation sites is 1. The summed E-state index contributed by atoms with van der Waals surface area (Å²) in [5.41, 5.74) is 2.34. The van der Waals surface area contributed by atoms with Crippen LogP contribution in [0.2, 0.25) is 0 Å². The maximum atomic E-state index is 12.4. The molecule has 3 rings (SSSR count). The highest BCUT2D eigenvalue weighted by atomic mass is 32.1. The lowest BCUT2D eigenvalue weighted by molar-refractivity contribution is 0.0504. The highest BCUT2D eigenvalue weighted by molar-refractivity contribution is 7.09. The number of ether oxygens (including phenoxy) is 3. The van der Waals surface area contributed by atoms with E-state index in [1.165, 1.54) is 0 Å². The highest BCUT2D eigenvalue weighted by Gasteiger charge is 2.14. The van der Waals surface area contributed by atoms with Crippen LogP contribution in [0, 0.1) is 6.92 Å². The van der Waals surface area contributed by atoms with Crippen LogP contribution in [0.1, 0.15) is 26.6 Å². The third kappa shape index (κ3) is 5.31. The van der Waals surface area contributed by atoms with Gasteiger partial charge in [0.05, 0.1) is 24.4 Å². The normalized spacial score (nSPS) is 10.4. The van der Waals surface area contributed by atoms with Crippen molar-refractivity contribution in [3.63, 3.8) is 0 Å². The van der Waals surface area contributed by atoms with Crippen molar-refractivity contribution in [2.75, 3.05) is 13.7 Å². The number of nitrogens with zero attached hydrogens (tertiary/aromatic N) is 1. The van der Waals surface area contributed by atoms with Gasteiger partial charge >= 0.3 is 5.97 Å². The number of benzene rings is 2. The lowest BCUT2D eigenvalue weighted by atomic mass is 10.1. The van der Waals surface area contributed by atoms with E-state index in [1.54, 1.807) is 36.6 Å². The highest BCUT2D eigenvalue weighted by Crippen LogP contribution is 2.21. The molecule has 0 aliphatic carbocycles. The molecule has 2 aromatic carbocycles. The second-order valence-electron chi connectivity index (χ2n) is 5.88. The van der Waals surface area contributed by atoms with Crippen molar-refractivity contribution in [2.24, 2.45) is 0 Å². The number of aryl methyl sites for hydroxylation is 1. The Bertz CT molecular complexity index is 889. The van der Waals surface area contributed by atoms with Crippen LogP contribution in [0.25, 0.3) is 0 Å². The molecule has 0 aliphatic heterocycles. The largest absolute Gasteiger partial charge is 0.497 e. The lowest BCUT2D eigenvalue weighted by Gasteiger charge is -2.10. The molecule has 1 aromatic heterocycles. The molecule has 0 saturated carbocycles. The van der Waals surface area contributed by atoms with Crippen LogP contribution >= 0.6 is 11.3 Å². The Balaban J connectivity index is 1.55. The molecule has 0 bridgehead atoms. The van der Waals surface area contributed by atoms with E-state index in [2.05, 4.69) is 4.98 Å². The number of esters is 1. The Morgan fingerprint density at radius 3 is 2.59 bits per heavy atom. The first-order valence-corrected chi connectivity index (χ1v) is 9.46. The first-order chi connectivity index (χ1) is 13.2. The fourth-order valence-corrected chi connectivity index (χ4v) is 3.12. The van der Waals surface area contributed by atoms with Gasteiger partial charge in [-0.25, -0.2) is 9.78 Å². The summed E-state index contributed by atoms with van der Waals surface area (Å²) in [4.78, 5) is 16.8. The maximum absolute atomic E-state index is 12.4. The first-order valence-electron chi connectivity index (χ1n) is 8.58. The molecular formula is C21H21NO4S. The topological polar surface area (TPSA) is 57.7 Å². The molecular weight excluding hydrogens is 362 g/mol. The first kappa shape index (κ1) is 18.9. The molecule has 0 radical (unpaired) electrons. The minimum Gasteiger partial charge on any atom is -0.497 e. The van der Waals surface area contributed by atoms with Gasteiger partial charge < -0.3 is 14.2 Å². The van der Waals surface area contributed by atoms with E-state index >= 15 is 0 Å². The summed E-state index contributed by atoms with van der Waals surface area (Å²) >= 11 is 1.57. The molecule has 0 N–H and O–H groups in total. The van der Waals surface area contributed by atoms with Gasteiger partial charge in [0.25, 0.3) is 0 Å². The van der Waals surface area contributed by atoms with E-state index in [4.69, 9.17) is 14.2 Å². The third-order valence-electron chi connectivity index (χ3n) is 3.93. The summed E-state index contributed by atoms with van der Waals surface area (Å²) in [5.74, 6) is 0.906. The van der Waals surface area contributed by atoms with Gasteiger partial charge in [-0.2, -0.15) is 0 Å². The van der Waals surface area contributed by atoms with Crippen molar-refractivity contribution >= 4 is 17.3 Å². The smallest absolute Gasteiger partial charge is 0.341 e. The molecule has 0 aliphatic rings. The number of hydrogen-bond acceptors (Lipinski definition) is 6. The Hall–Kier alpha value is -2.86. The van der Waals surface area contributed by atoms with Gasteiger partial charge in [0, 0.05) is 11.8 Å². The molecule has 0 unspecified atom stereocenters. The van der Waals surface area contributed by atoms with Crippen LogP contribution in [-0.2, 0) is 17.8 Å². The summed E-state index contributed by atoms with van der Waals surface area (Å²) in [5, 5.41) is 2.94. The predicted octanol–water partition coefficient (Wildman–Crippen LogP) is 4.44. The molecule has 0 saturated heterocycles. The van der Waals surface area contributed by atoms with Gasteiger partial charge in [-0.3, -0.25) is 0 Å². The van der Waals surface area contributed by atoms with E-state index in [-0.39, 0.29) is 0 Å². The summed E-state index contributed by atoms with van der Waals surface area (Å²) in [6.45, 7) is 2.56. The molecule has 5 nitrogen and oxygen atoms in total. The summed E-state index contributed by atoms with van der Waals surface area (Å²) in [6, 6.07) is 14.8. The second kappa shape index (κ2) is 9.19. The summed E-state index contributed by atoms with van der Waals surface area (Å²) in [6.07, 6.45) is 0.636. The quantitative estimate of drug-likeness (QED) is 0.538. The minimum absolute atomic E-state index is 0.296. The number of rotatable bonds is 8. The molecule has 140 valence electrons. The van der Waals surface area contributed by atoms with E-state index in [1.807, 2.05) is 42.6 Å². The van der Waals surface area contributed by atoms with E-state index in [9.17, 15) is 4.79 Å². The van der Waals surface area contributed by atoms with Crippen molar-refractivity contribution < 1.29 is 19.0 Å². The van der Waals surface area contributed by atoms with Crippen molar-refractivity contribution in [2.45, 2.75) is 20.0 Å². The predicted molar refractivity (Wildman–Crippen MR) is 105 cm³/mol. The van der Waals surface area contributed by atoms with Crippen molar-refractivity contribution in [3.05, 3.63) is 75.7 Å². The average molecular weight is 383 g/mol. The number of thiazole rings is 1. The van der Waals surface area contributed by atoms with Crippen LogP contribution in [0.3, 0.4) is 0 Å². The minimum atomic E-state index is -0.395. The van der Waals surface area contributed by atoms with Gasteiger partial charge in [0.1, 0.15) is 23.7 Å². The maximum Gasteiger partial charge on any atom is 0.341 e. The number of aromatic nitrogens is 1. The molecule has 1 heterocycles. The van der Waals surface area contributed by atoms with Crippen molar-refractivity contribution in [1.29, 1.82) is 0 Å². The van der Waals surface area contributed by atoms with Gasteiger partial charge in [0.2, 0.25) is 0 Å². The lowest BCUT2D eigenvalue weighted by Crippen LogP contribution is -2.10. The number of methoxy groups -OCH3 is 1. The van der Waals surface area contributed by atoms with E-state index < -0.39 is 5.97 Å². The Morgan fingerprint density at radius 1 is 1.11 bits per heavy atom. The van der Waals surface area contributed by atoms with Crippen molar-refractivity contribution in [3.8, 4) is 11.5 Å². The molecule has 0 spiro atoms. The number of carbonyl (C=O) groups is 1. The SMILES string of the molecule is COc1ccc(CCOC(=O)c2ccccc2OCc2csc(C)n2)cc1. The van der Waals surface area contributed by atoms with E-state index in [0.29, 0.717) is 30.9 Å². The van der Waals surface area contributed by atoms with Gasteiger partial charge in [0.15, 0.2) is 0 Å². The molecule has 27 heavy (non-hydrogen) atoms. The summed E-state index contributed by atoms with van der Waals surface area (Å²) in [7, 11) is 1.63. The zero-order valence-corrected chi connectivity index (χ0v) is 16.1. The van der Waals surface area contributed by atoms with Gasteiger partial charge in [-0.1, -0.05) is 24.3 Å². The molecule has 6 heteroatoms. The standard InChI is InChI=1S/C21H21NO4S/c1-15-22-17(14-27-15)13-26-20-6-4-3-5-19(20)21(23)25-12-11-16-7-9-18(24-2)10-8-16/h3-10,14H,11-13H2,1-2H3. The number of hydrogen-bond donors (Lipinski definition) is 0. The monoisotopic (exact) mass is 383 g/mol. The third-order valence-corrected chi connectivity index (χ3v) is 4.75. The van der Waals surface area contributed by atoms with Crippen LogP contribution < -0.4 is 9.47 Å². The fraction of sp³-hybridized carbons (Fsp3) is 0.238. The molecule has 0 amide bonds. The van der Waals surface area contributed by atoms with Crippen LogP contribution in [0.15, 0.2) is 53.9 Å². The summed E-state index contributed by atoms with van der Waals surface area (Å²) < 4.78 is 16.3. The zero-order chi connectivity index (χ0) is 19.1. The molecule has 3 aromatic rings. The van der Waals surface area contributed by atoms with Gasteiger partial charge in [-0.15, -0.1) is 11.3 Å². The van der Waals surface area contributed by atoms with Crippen LogP contribution in [-0.4, -0.2) is 24.7 Å². The fourth-order valence-electron chi connectivity index (χ4n) is 2.52. The van der Waals surface area contributed by atoms with Gasteiger partial charge in [-0.05, 0) is 36.8 Å². The Kier molecular flexibility index (Phi) is 6.44. The molecule has 0 fully saturated rings. The average Bonchev–Trinajstić information content (AvgIpc) is 3.12. The zero-order valence-electron chi connectivity index (χ0n) is 15.3. The van der Waals surface area contributed by atoms with Crippen LogP contribution in [0.4, 0.5) is 0 Å². The molecule has 0 atom stereocenters. The second-order valence-corrected chi connectivity index (χ2v) is 6.94. The van der Waals surface area contributed by atoms with E-state index in [0.717, 1.165) is 22.0 Å². The Morgan fingerprint density at radius 2 is 1.89 bits per heavy atom. The van der Waals surface area contributed by atoms with Crippen molar-refractivity contribution in [1.82, 2.24) is 4.98 Å². The van der Waals surface area contributed by atoms with Crippen LogP contribution in [0.5, 0.6) is 11.5 Å². The Labute approximate surface area is 162 Å².